The van der Waals surface area contributed by atoms with Crippen molar-refractivity contribution in [2.24, 2.45) is 0 Å². The maximum Gasteiger partial charge on any atom is 0.242 e. The molecule has 0 radical (unpaired) electrons. The fourth-order valence-electron chi connectivity index (χ4n) is 2.83. The molecule has 0 bridgehead atoms. The first-order valence-electron chi connectivity index (χ1n) is 7.07. The molecule has 1 unspecified atom stereocenters. The number of rotatable bonds is 4. The Bertz CT molecular complexity index is 854. The number of sulfonamides is 1. The number of benzene rings is 2. The van der Waals surface area contributed by atoms with E-state index in [9.17, 15) is 13.5 Å². The molecular weight excluding hydrogens is 357 g/mol. The van der Waals surface area contributed by atoms with Gasteiger partial charge in [-0.15, -0.1) is 0 Å². The summed E-state index contributed by atoms with van der Waals surface area (Å²) in [6.07, 6.45) is 1.18. The molecule has 1 atom stereocenters. The molecular formula is C16H15Cl2NO3S. The smallest absolute Gasteiger partial charge is 0.242 e. The molecule has 2 aromatic carbocycles. The average Bonchev–Trinajstić information content (AvgIpc) is 2.86. The standard InChI is InChI=1S/C16H15Cl2NO3S/c17-12-5-6-14(18)15(9-12)23(21,22)19-10-16(20)8-7-11-3-1-2-4-13(11)16/h1-6,9,19-20H,7-8,10H2. The SMILES string of the molecule is O=S(=O)(NCC1(O)CCc2ccccc21)c1cc(Cl)ccc1Cl. The summed E-state index contributed by atoms with van der Waals surface area (Å²) in [5.74, 6) is 0. The van der Waals surface area contributed by atoms with Gasteiger partial charge in [0.2, 0.25) is 10.0 Å². The monoisotopic (exact) mass is 371 g/mol. The van der Waals surface area contributed by atoms with Gasteiger partial charge in [0.05, 0.1) is 5.02 Å². The average molecular weight is 372 g/mol. The molecule has 1 aliphatic rings. The van der Waals surface area contributed by atoms with Crippen LogP contribution < -0.4 is 4.72 Å². The van der Waals surface area contributed by atoms with Crippen LogP contribution in [0.15, 0.2) is 47.4 Å². The molecule has 2 aromatic rings. The zero-order valence-corrected chi connectivity index (χ0v) is 14.4. The molecule has 3 rings (SSSR count). The molecule has 4 nitrogen and oxygen atoms in total. The minimum Gasteiger partial charge on any atom is -0.384 e. The van der Waals surface area contributed by atoms with Crippen LogP contribution in [0.3, 0.4) is 0 Å². The van der Waals surface area contributed by atoms with E-state index in [0.717, 1.165) is 11.1 Å². The Balaban J connectivity index is 1.84. The van der Waals surface area contributed by atoms with Gasteiger partial charge >= 0.3 is 0 Å². The predicted octanol–water partition coefficient (Wildman–Crippen LogP) is 3.11. The van der Waals surface area contributed by atoms with Gasteiger partial charge in [-0.25, -0.2) is 13.1 Å². The van der Waals surface area contributed by atoms with E-state index in [2.05, 4.69) is 4.72 Å². The Morgan fingerprint density at radius 3 is 2.70 bits per heavy atom. The number of nitrogens with one attached hydrogen (secondary N) is 1. The Kier molecular flexibility index (Phi) is 4.42. The molecule has 1 aliphatic carbocycles. The normalized spacial score (nSPS) is 20.5. The van der Waals surface area contributed by atoms with Gasteiger partial charge in [-0.05, 0) is 42.2 Å². The van der Waals surface area contributed by atoms with Crippen molar-refractivity contribution in [1.29, 1.82) is 0 Å². The summed E-state index contributed by atoms with van der Waals surface area (Å²) >= 11 is 11.8. The first-order chi connectivity index (χ1) is 10.8. The fraction of sp³-hybridized carbons (Fsp3) is 0.250. The molecule has 0 spiro atoms. The summed E-state index contributed by atoms with van der Waals surface area (Å²) in [6, 6.07) is 11.7. The van der Waals surface area contributed by atoms with Crippen molar-refractivity contribution in [2.75, 3.05) is 6.54 Å². The lowest BCUT2D eigenvalue weighted by Gasteiger charge is -2.24. The van der Waals surface area contributed by atoms with E-state index < -0.39 is 15.6 Å². The summed E-state index contributed by atoms with van der Waals surface area (Å²) < 4.78 is 27.3. The third-order valence-corrected chi connectivity index (χ3v) is 6.18. The van der Waals surface area contributed by atoms with Crippen LogP contribution in [0.25, 0.3) is 0 Å². The first kappa shape index (κ1) is 16.7. The minimum absolute atomic E-state index is 0.0840. The lowest BCUT2D eigenvalue weighted by molar-refractivity contribution is 0.0442. The Morgan fingerprint density at radius 2 is 1.91 bits per heavy atom. The van der Waals surface area contributed by atoms with Crippen LogP contribution in [-0.2, 0) is 22.0 Å². The van der Waals surface area contributed by atoms with Crippen LogP contribution in [-0.4, -0.2) is 20.1 Å². The molecule has 0 heterocycles. The van der Waals surface area contributed by atoms with E-state index in [4.69, 9.17) is 23.2 Å². The van der Waals surface area contributed by atoms with Gasteiger partial charge in [-0.1, -0.05) is 47.5 Å². The largest absolute Gasteiger partial charge is 0.384 e. The number of aliphatic hydroxyl groups is 1. The van der Waals surface area contributed by atoms with Gasteiger partial charge in [0.1, 0.15) is 10.5 Å². The quantitative estimate of drug-likeness (QED) is 0.867. The van der Waals surface area contributed by atoms with Crippen LogP contribution in [0.1, 0.15) is 17.5 Å². The van der Waals surface area contributed by atoms with Gasteiger partial charge in [0, 0.05) is 11.6 Å². The van der Waals surface area contributed by atoms with E-state index >= 15 is 0 Å². The molecule has 0 aliphatic heterocycles. The summed E-state index contributed by atoms with van der Waals surface area (Å²) in [7, 11) is -3.87. The summed E-state index contributed by atoms with van der Waals surface area (Å²) in [5, 5.41) is 11.2. The number of fused-ring (bicyclic) bond motifs is 1. The second kappa shape index (κ2) is 6.07. The van der Waals surface area contributed by atoms with E-state index in [0.29, 0.717) is 12.8 Å². The van der Waals surface area contributed by atoms with Crippen molar-refractivity contribution in [2.45, 2.75) is 23.3 Å². The van der Waals surface area contributed by atoms with Crippen LogP contribution >= 0.6 is 23.2 Å². The van der Waals surface area contributed by atoms with Crippen LogP contribution in [0, 0.1) is 0 Å². The van der Waals surface area contributed by atoms with Gasteiger partial charge in [0.25, 0.3) is 0 Å². The highest BCUT2D eigenvalue weighted by atomic mass is 35.5. The minimum atomic E-state index is -3.87. The number of hydrogen-bond acceptors (Lipinski definition) is 3. The van der Waals surface area contributed by atoms with E-state index in [1.807, 2.05) is 24.3 Å². The topological polar surface area (TPSA) is 66.4 Å². The fourth-order valence-corrected chi connectivity index (χ4v) is 4.68. The molecule has 7 heteroatoms. The number of hydrogen-bond donors (Lipinski definition) is 2. The zero-order chi connectivity index (χ0) is 16.7. The second-order valence-electron chi connectivity index (χ2n) is 5.59. The molecule has 0 fully saturated rings. The summed E-state index contributed by atoms with van der Waals surface area (Å²) in [4.78, 5) is -0.0958. The Labute approximate surface area is 145 Å². The highest BCUT2D eigenvalue weighted by Crippen LogP contribution is 2.36. The lowest BCUT2D eigenvalue weighted by Crippen LogP contribution is -2.39. The van der Waals surface area contributed by atoms with Crippen molar-refractivity contribution >= 4 is 33.2 Å². The van der Waals surface area contributed by atoms with Crippen molar-refractivity contribution in [3.05, 3.63) is 63.6 Å². The molecule has 2 N–H and O–H groups in total. The highest BCUT2D eigenvalue weighted by Gasteiger charge is 2.37. The molecule has 0 saturated heterocycles. The van der Waals surface area contributed by atoms with E-state index in [1.54, 1.807) is 0 Å². The van der Waals surface area contributed by atoms with Crippen molar-refractivity contribution < 1.29 is 13.5 Å². The number of aryl methyl sites for hydroxylation is 1. The highest BCUT2D eigenvalue weighted by molar-refractivity contribution is 7.89. The van der Waals surface area contributed by atoms with Crippen molar-refractivity contribution in [3.63, 3.8) is 0 Å². The third kappa shape index (κ3) is 3.25. The van der Waals surface area contributed by atoms with Gasteiger partial charge < -0.3 is 5.11 Å². The van der Waals surface area contributed by atoms with Crippen molar-refractivity contribution in [1.82, 2.24) is 4.72 Å². The molecule has 0 amide bonds. The Morgan fingerprint density at radius 1 is 1.17 bits per heavy atom. The maximum atomic E-state index is 12.5. The molecule has 0 saturated carbocycles. The van der Waals surface area contributed by atoms with E-state index in [-0.39, 0.29) is 21.5 Å². The van der Waals surface area contributed by atoms with E-state index in [1.165, 1.54) is 18.2 Å². The third-order valence-electron chi connectivity index (χ3n) is 4.06. The number of halogens is 2. The lowest BCUT2D eigenvalue weighted by atomic mass is 9.96. The maximum absolute atomic E-state index is 12.5. The summed E-state index contributed by atoms with van der Waals surface area (Å²) in [5.41, 5.74) is 0.587. The zero-order valence-electron chi connectivity index (χ0n) is 12.1. The van der Waals surface area contributed by atoms with Crippen LogP contribution in [0.2, 0.25) is 10.0 Å². The predicted molar refractivity (Wildman–Crippen MR) is 90.3 cm³/mol. The molecule has 0 aromatic heterocycles. The molecule has 122 valence electrons. The molecule has 23 heavy (non-hydrogen) atoms. The van der Waals surface area contributed by atoms with Crippen LogP contribution in [0.5, 0.6) is 0 Å². The van der Waals surface area contributed by atoms with Crippen LogP contribution in [0.4, 0.5) is 0 Å². The van der Waals surface area contributed by atoms with Crippen molar-refractivity contribution in [3.8, 4) is 0 Å². The van der Waals surface area contributed by atoms with Gasteiger partial charge in [-0.2, -0.15) is 0 Å². The van der Waals surface area contributed by atoms with Gasteiger partial charge in [0.15, 0.2) is 0 Å². The van der Waals surface area contributed by atoms with Gasteiger partial charge in [-0.3, -0.25) is 0 Å². The summed E-state index contributed by atoms with van der Waals surface area (Å²) in [6.45, 7) is -0.116. The second-order valence-corrected chi connectivity index (χ2v) is 8.17. The first-order valence-corrected chi connectivity index (χ1v) is 9.31. The Hall–Kier alpha value is -1.11.